The molecule has 0 bridgehead atoms. The summed E-state index contributed by atoms with van der Waals surface area (Å²) in [6.07, 6.45) is 1.77. The molecule has 1 aromatic heterocycles. The van der Waals surface area contributed by atoms with Crippen LogP contribution in [0.2, 0.25) is 0 Å². The Bertz CT molecular complexity index is 1290. The van der Waals surface area contributed by atoms with Gasteiger partial charge in [-0.2, -0.15) is 4.31 Å². The predicted molar refractivity (Wildman–Crippen MR) is 128 cm³/mol. The van der Waals surface area contributed by atoms with E-state index in [0.29, 0.717) is 37.2 Å². The number of anilines is 1. The summed E-state index contributed by atoms with van der Waals surface area (Å²) in [7, 11) is -3.69. The third kappa shape index (κ3) is 4.51. The van der Waals surface area contributed by atoms with Gasteiger partial charge >= 0.3 is 4.87 Å². The molecule has 1 fully saturated rings. The second-order valence-electron chi connectivity index (χ2n) is 8.18. The number of amides is 1. The average Bonchev–Trinajstić information content (AvgIpc) is 3.10. The molecule has 1 N–H and O–H groups in total. The fourth-order valence-corrected chi connectivity index (χ4v) is 6.56. The van der Waals surface area contributed by atoms with Gasteiger partial charge in [-0.3, -0.25) is 14.2 Å². The summed E-state index contributed by atoms with van der Waals surface area (Å²) in [5, 5.41) is 2.92. The number of rotatable bonds is 6. The number of nitrogens with zero attached hydrogens (tertiary/aromatic N) is 2. The average molecular weight is 474 g/mol. The Hall–Kier alpha value is -2.49. The molecule has 2 aromatic carbocycles. The van der Waals surface area contributed by atoms with Gasteiger partial charge in [-0.05, 0) is 56.5 Å². The standard InChI is InChI=1S/C23H27N3O4S2/c1-3-12-26-20-9-8-19(15-21(20)31-23(26)28)32(29,30)25-13-10-17(11-14-25)22(27)24-18-6-4-16(2)5-7-18/h4-9,15,17H,3,10-14H2,1-2H3,(H,24,27). The quantitative estimate of drug-likeness (QED) is 0.589. The van der Waals surface area contributed by atoms with Crippen molar-refractivity contribution in [3.63, 3.8) is 0 Å². The van der Waals surface area contributed by atoms with Gasteiger partial charge in [0.05, 0.1) is 15.1 Å². The summed E-state index contributed by atoms with van der Waals surface area (Å²) in [5.74, 6) is -0.298. The van der Waals surface area contributed by atoms with Gasteiger partial charge in [-0.25, -0.2) is 8.42 Å². The van der Waals surface area contributed by atoms with Crippen molar-refractivity contribution in [3.8, 4) is 0 Å². The lowest BCUT2D eigenvalue weighted by molar-refractivity contribution is -0.120. The molecule has 0 saturated carbocycles. The lowest BCUT2D eigenvalue weighted by Crippen LogP contribution is -2.41. The first-order valence-corrected chi connectivity index (χ1v) is 13.1. The number of benzene rings is 2. The normalized spacial score (nSPS) is 15.8. The molecule has 1 saturated heterocycles. The topological polar surface area (TPSA) is 88.5 Å². The number of aromatic nitrogens is 1. The first-order chi connectivity index (χ1) is 15.3. The van der Waals surface area contributed by atoms with E-state index < -0.39 is 10.0 Å². The molecule has 1 amide bonds. The number of hydrogen-bond acceptors (Lipinski definition) is 5. The van der Waals surface area contributed by atoms with Gasteiger partial charge in [0.15, 0.2) is 0 Å². The number of carbonyl (C=O) groups excluding carboxylic acids is 1. The lowest BCUT2D eigenvalue weighted by Gasteiger charge is -2.30. The highest BCUT2D eigenvalue weighted by Gasteiger charge is 2.32. The number of carbonyl (C=O) groups is 1. The second kappa shape index (κ2) is 9.17. The van der Waals surface area contributed by atoms with Crippen LogP contribution >= 0.6 is 11.3 Å². The van der Waals surface area contributed by atoms with Gasteiger partial charge in [0.1, 0.15) is 0 Å². The van der Waals surface area contributed by atoms with E-state index >= 15 is 0 Å². The summed E-state index contributed by atoms with van der Waals surface area (Å²) >= 11 is 1.07. The van der Waals surface area contributed by atoms with Gasteiger partial charge in [-0.15, -0.1) is 0 Å². The van der Waals surface area contributed by atoms with E-state index in [9.17, 15) is 18.0 Å². The van der Waals surface area contributed by atoms with Crippen LogP contribution in [0.4, 0.5) is 5.69 Å². The van der Waals surface area contributed by atoms with E-state index in [4.69, 9.17) is 0 Å². The Morgan fingerprint density at radius 2 is 1.81 bits per heavy atom. The number of fused-ring (bicyclic) bond motifs is 1. The molecule has 32 heavy (non-hydrogen) atoms. The third-order valence-electron chi connectivity index (χ3n) is 5.87. The van der Waals surface area contributed by atoms with E-state index in [1.807, 2.05) is 38.1 Å². The third-order valence-corrected chi connectivity index (χ3v) is 8.71. The molecular formula is C23H27N3O4S2. The van der Waals surface area contributed by atoms with Crippen molar-refractivity contribution >= 4 is 43.2 Å². The maximum atomic E-state index is 13.2. The van der Waals surface area contributed by atoms with Crippen molar-refractivity contribution < 1.29 is 13.2 Å². The second-order valence-corrected chi connectivity index (χ2v) is 11.1. The van der Waals surface area contributed by atoms with Crippen molar-refractivity contribution in [2.24, 2.45) is 5.92 Å². The number of hydrogen-bond donors (Lipinski definition) is 1. The zero-order valence-electron chi connectivity index (χ0n) is 18.2. The minimum atomic E-state index is -3.69. The highest BCUT2D eigenvalue weighted by molar-refractivity contribution is 7.89. The SMILES string of the molecule is CCCn1c(=O)sc2cc(S(=O)(=O)N3CCC(C(=O)Nc4ccc(C)cc4)CC3)ccc21. The Balaban J connectivity index is 1.45. The smallest absolute Gasteiger partial charge is 0.308 e. The Kier molecular flexibility index (Phi) is 6.50. The van der Waals surface area contributed by atoms with E-state index in [-0.39, 0.29) is 21.6 Å². The zero-order chi connectivity index (χ0) is 22.9. The number of piperidine rings is 1. The Labute approximate surface area is 191 Å². The number of thiazole rings is 1. The first kappa shape index (κ1) is 22.7. The minimum absolute atomic E-state index is 0.0724. The molecule has 0 unspecified atom stereocenters. The maximum Gasteiger partial charge on any atom is 0.308 e. The van der Waals surface area contributed by atoms with Crippen molar-refractivity contribution in [3.05, 3.63) is 57.7 Å². The van der Waals surface area contributed by atoms with E-state index in [0.717, 1.165) is 34.5 Å². The largest absolute Gasteiger partial charge is 0.326 e. The highest BCUT2D eigenvalue weighted by Crippen LogP contribution is 2.28. The van der Waals surface area contributed by atoms with Crippen molar-refractivity contribution in [2.45, 2.75) is 44.6 Å². The first-order valence-electron chi connectivity index (χ1n) is 10.8. The van der Waals surface area contributed by atoms with Crippen molar-refractivity contribution in [2.75, 3.05) is 18.4 Å². The number of nitrogens with one attached hydrogen (secondary N) is 1. The minimum Gasteiger partial charge on any atom is -0.326 e. The molecule has 0 aliphatic carbocycles. The maximum absolute atomic E-state index is 13.2. The van der Waals surface area contributed by atoms with Crippen LogP contribution in [-0.4, -0.2) is 36.3 Å². The lowest BCUT2D eigenvalue weighted by atomic mass is 9.97. The molecule has 170 valence electrons. The molecule has 1 aliphatic heterocycles. The van der Waals surface area contributed by atoms with Crippen LogP contribution in [0.15, 0.2) is 52.2 Å². The Morgan fingerprint density at radius 1 is 1.12 bits per heavy atom. The molecule has 0 atom stereocenters. The van der Waals surface area contributed by atoms with Crippen molar-refractivity contribution in [1.82, 2.24) is 8.87 Å². The monoisotopic (exact) mass is 473 g/mol. The number of sulfonamides is 1. The van der Waals surface area contributed by atoms with Crippen LogP contribution in [0.1, 0.15) is 31.7 Å². The molecule has 3 aromatic rings. The summed E-state index contributed by atoms with van der Waals surface area (Å²) in [4.78, 5) is 24.9. The van der Waals surface area contributed by atoms with Crippen LogP contribution in [0.5, 0.6) is 0 Å². The molecule has 0 spiro atoms. The van der Waals surface area contributed by atoms with Crippen molar-refractivity contribution in [1.29, 1.82) is 0 Å². The number of aryl methyl sites for hydroxylation is 2. The fraction of sp³-hybridized carbons (Fsp3) is 0.391. The van der Waals surface area contributed by atoms with Gasteiger partial charge in [0.2, 0.25) is 15.9 Å². The molecule has 4 rings (SSSR count). The molecule has 0 radical (unpaired) electrons. The molecule has 1 aliphatic rings. The summed E-state index contributed by atoms with van der Waals surface area (Å²) in [6.45, 7) is 5.18. The van der Waals surface area contributed by atoms with E-state index in [2.05, 4.69) is 5.32 Å². The zero-order valence-corrected chi connectivity index (χ0v) is 19.8. The molecule has 9 heteroatoms. The Morgan fingerprint density at radius 3 is 2.47 bits per heavy atom. The van der Waals surface area contributed by atoms with E-state index in [1.165, 1.54) is 4.31 Å². The van der Waals surface area contributed by atoms with Crippen LogP contribution in [0, 0.1) is 12.8 Å². The predicted octanol–water partition coefficient (Wildman–Crippen LogP) is 3.82. The fourth-order valence-electron chi connectivity index (χ4n) is 4.03. The van der Waals surface area contributed by atoms with Gasteiger partial charge in [0, 0.05) is 31.2 Å². The van der Waals surface area contributed by atoms with Gasteiger partial charge in [-0.1, -0.05) is 36.0 Å². The van der Waals surface area contributed by atoms with Crippen LogP contribution in [0.3, 0.4) is 0 Å². The summed E-state index contributed by atoms with van der Waals surface area (Å²) in [5.41, 5.74) is 2.64. The van der Waals surface area contributed by atoms with Crippen LogP contribution in [-0.2, 0) is 21.4 Å². The highest BCUT2D eigenvalue weighted by atomic mass is 32.2. The molecule has 2 heterocycles. The van der Waals surface area contributed by atoms with Gasteiger partial charge in [0.25, 0.3) is 0 Å². The molecule has 7 nitrogen and oxygen atoms in total. The summed E-state index contributed by atoms with van der Waals surface area (Å²) in [6, 6.07) is 12.5. The molecular weight excluding hydrogens is 446 g/mol. The van der Waals surface area contributed by atoms with Crippen LogP contribution < -0.4 is 10.2 Å². The van der Waals surface area contributed by atoms with Crippen LogP contribution in [0.25, 0.3) is 10.2 Å². The van der Waals surface area contributed by atoms with Gasteiger partial charge < -0.3 is 5.32 Å². The summed E-state index contributed by atoms with van der Waals surface area (Å²) < 4.78 is 30.2. The van der Waals surface area contributed by atoms with E-state index in [1.54, 1.807) is 22.8 Å².